The van der Waals surface area contributed by atoms with Crippen LogP contribution in [0.3, 0.4) is 0 Å². The molecule has 0 saturated carbocycles. The average molecular weight is 429 g/mol. The van der Waals surface area contributed by atoms with Gasteiger partial charge in [0.25, 0.3) is 10.1 Å². The van der Waals surface area contributed by atoms with Crippen molar-refractivity contribution in [3.63, 3.8) is 0 Å². The highest BCUT2D eigenvalue weighted by Gasteiger charge is 2.36. The van der Waals surface area contributed by atoms with E-state index in [9.17, 15) is 8.42 Å². The van der Waals surface area contributed by atoms with Crippen LogP contribution in [0.1, 0.15) is 65.4 Å². The minimum Gasteiger partial charge on any atom is -0.417 e. The Balaban J connectivity index is 2.46. The third-order valence-electron chi connectivity index (χ3n) is 5.74. The summed E-state index contributed by atoms with van der Waals surface area (Å²) in [6.45, 7) is 16.4. The van der Waals surface area contributed by atoms with Crippen molar-refractivity contribution in [1.29, 1.82) is 0 Å². The van der Waals surface area contributed by atoms with E-state index in [0.717, 1.165) is 44.3 Å². The van der Waals surface area contributed by atoms with Crippen LogP contribution in [0.4, 0.5) is 0 Å². The van der Waals surface area contributed by atoms with Gasteiger partial charge < -0.3 is 4.43 Å². The Bertz CT molecular complexity index is 675. The largest absolute Gasteiger partial charge is 0.417 e. The second-order valence-corrected chi connectivity index (χ2v) is 15.7. The summed E-state index contributed by atoms with van der Waals surface area (Å²) in [4.78, 5) is 0.233. The summed E-state index contributed by atoms with van der Waals surface area (Å²) < 4.78 is 36.4. The van der Waals surface area contributed by atoms with Crippen LogP contribution in [0.15, 0.2) is 29.2 Å². The molecule has 162 valence electrons. The Morgan fingerprint density at radius 2 is 1.64 bits per heavy atom. The van der Waals surface area contributed by atoms with Crippen molar-refractivity contribution in [1.82, 2.24) is 0 Å². The van der Waals surface area contributed by atoms with E-state index in [4.69, 9.17) is 8.61 Å². The van der Waals surface area contributed by atoms with Crippen molar-refractivity contribution >= 4 is 18.4 Å². The Labute approximate surface area is 174 Å². The van der Waals surface area contributed by atoms with Gasteiger partial charge in [0.1, 0.15) is 0 Å². The highest BCUT2D eigenvalue weighted by Crippen LogP contribution is 2.36. The normalized spacial score (nSPS) is 14.2. The van der Waals surface area contributed by atoms with Crippen LogP contribution in [0.5, 0.6) is 0 Å². The SMILES string of the molecule is CCC[C@H](CCCCO[Si](C)(C)C(C)(C)C)COS(=O)(=O)c1ccc(C)cc1. The maximum absolute atomic E-state index is 12.4. The van der Waals surface area contributed by atoms with Crippen molar-refractivity contribution in [2.45, 2.75) is 89.8 Å². The van der Waals surface area contributed by atoms with Gasteiger partial charge in [0.05, 0.1) is 11.5 Å². The van der Waals surface area contributed by atoms with E-state index in [2.05, 4.69) is 40.8 Å². The fraction of sp³-hybridized carbons (Fsp3) is 0.727. The minimum absolute atomic E-state index is 0.232. The number of rotatable bonds is 12. The van der Waals surface area contributed by atoms with Crippen LogP contribution in [-0.2, 0) is 18.7 Å². The summed E-state index contributed by atoms with van der Waals surface area (Å²) in [5.41, 5.74) is 1.03. The van der Waals surface area contributed by atoms with Gasteiger partial charge in [0.2, 0.25) is 0 Å². The van der Waals surface area contributed by atoms with E-state index in [-0.39, 0.29) is 22.5 Å². The van der Waals surface area contributed by atoms with Gasteiger partial charge >= 0.3 is 0 Å². The molecule has 1 rings (SSSR count). The zero-order valence-corrected chi connectivity index (χ0v) is 20.7. The molecule has 0 unspecified atom stereocenters. The van der Waals surface area contributed by atoms with Gasteiger partial charge in [-0.1, -0.05) is 58.2 Å². The van der Waals surface area contributed by atoms with Crippen LogP contribution in [0, 0.1) is 12.8 Å². The summed E-state index contributed by atoms with van der Waals surface area (Å²) in [6, 6.07) is 6.81. The molecule has 1 aromatic rings. The average Bonchev–Trinajstić information content (AvgIpc) is 2.58. The predicted molar refractivity (Wildman–Crippen MR) is 120 cm³/mol. The molecule has 0 aliphatic heterocycles. The Morgan fingerprint density at radius 1 is 1.04 bits per heavy atom. The lowest BCUT2D eigenvalue weighted by Crippen LogP contribution is -2.40. The minimum atomic E-state index is -3.68. The number of benzene rings is 1. The van der Waals surface area contributed by atoms with E-state index in [1.165, 1.54) is 0 Å². The Kier molecular flexibility index (Phi) is 9.87. The Hall–Kier alpha value is -0.693. The summed E-state index contributed by atoms with van der Waals surface area (Å²) in [5.74, 6) is 0.262. The fourth-order valence-corrected chi connectivity index (χ4v) is 4.82. The molecule has 0 saturated heterocycles. The molecular weight excluding hydrogens is 388 g/mol. The van der Waals surface area contributed by atoms with Gasteiger partial charge in [0.15, 0.2) is 8.32 Å². The zero-order valence-electron chi connectivity index (χ0n) is 18.9. The zero-order chi connectivity index (χ0) is 21.4. The number of hydrogen-bond donors (Lipinski definition) is 0. The molecule has 0 aliphatic rings. The Morgan fingerprint density at radius 3 is 2.18 bits per heavy atom. The van der Waals surface area contributed by atoms with Crippen molar-refractivity contribution in [3.8, 4) is 0 Å². The third-order valence-corrected chi connectivity index (χ3v) is 11.6. The smallest absolute Gasteiger partial charge is 0.296 e. The lowest BCUT2D eigenvalue weighted by Gasteiger charge is -2.36. The van der Waals surface area contributed by atoms with Crippen molar-refractivity contribution in [3.05, 3.63) is 29.8 Å². The molecule has 6 heteroatoms. The molecule has 0 radical (unpaired) electrons. The van der Waals surface area contributed by atoms with Gasteiger partial charge in [-0.25, -0.2) is 0 Å². The molecule has 0 bridgehead atoms. The van der Waals surface area contributed by atoms with E-state index in [1.54, 1.807) is 24.3 Å². The topological polar surface area (TPSA) is 52.6 Å². The number of unbranched alkanes of at least 4 members (excludes halogenated alkanes) is 1. The summed E-state index contributed by atoms with van der Waals surface area (Å²) in [5, 5.41) is 0.232. The number of hydrogen-bond acceptors (Lipinski definition) is 4. The summed E-state index contributed by atoms with van der Waals surface area (Å²) in [6.07, 6.45) is 5.02. The number of aryl methyl sites for hydroxylation is 1. The van der Waals surface area contributed by atoms with Crippen molar-refractivity contribution < 1.29 is 17.0 Å². The molecule has 0 aliphatic carbocycles. The van der Waals surface area contributed by atoms with Gasteiger partial charge in [-0.15, -0.1) is 0 Å². The summed E-state index contributed by atoms with van der Waals surface area (Å²) >= 11 is 0. The highest BCUT2D eigenvalue weighted by molar-refractivity contribution is 7.86. The molecule has 1 aromatic carbocycles. The van der Waals surface area contributed by atoms with Crippen molar-refractivity contribution in [2.75, 3.05) is 13.2 Å². The second kappa shape index (κ2) is 10.9. The fourth-order valence-electron chi connectivity index (χ4n) is 2.76. The molecule has 0 heterocycles. The highest BCUT2D eigenvalue weighted by atomic mass is 32.2. The molecule has 0 N–H and O–H groups in total. The van der Waals surface area contributed by atoms with Gasteiger partial charge in [-0.05, 0) is 62.4 Å². The summed E-state index contributed by atoms with van der Waals surface area (Å²) in [7, 11) is -5.36. The predicted octanol–water partition coefficient (Wildman–Crippen LogP) is 6.31. The standard InChI is InChI=1S/C22H40O4SSi/c1-8-11-20(12-9-10-17-26-28(6,7)22(3,4)5)18-25-27(23,24)21-15-13-19(2)14-16-21/h13-16,20H,8-12,17-18H2,1-7H3/t20-/m1/s1. The molecule has 0 aromatic heterocycles. The van der Waals surface area contributed by atoms with E-state index < -0.39 is 18.4 Å². The van der Waals surface area contributed by atoms with Crippen LogP contribution in [0.25, 0.3) is 0 Å². The van der Waals surface area contributed by atoms with Crippen LogP contribution in [-0.4, -0.2) is 29.9 Å². The van der Waals surface area contributed by atoms with Crippen LogP contribution in [0.2, 0.25) is 18.1 Å². The van der Waals surface area contributed by atoms with Gasteiger partial charge in [-0.3, -0.25) is 4.18 Å². The van der Waals surface area contributed by atoms with Gasteiger partial charge in [-0.2, -0.15) is 8.42 Å². The maximum atomic E-state index is 12.4. The lowest BCUT2D eigenvalue weighted by atomic mass is 9.98. The van der Waals surface area contributed by atoms with E-state index in [0.29, 0.717) is 0 Å². The molecule has 4 nitrogen and oxygen atoms in total. The van der Waals surface area contributed by atoms with Gasteiger partial charge in [0, 0.05) is 6.61 Å². The first-order valence-corrected chi connectivity index (χ1v) is 14.8. The maximum Gasteiger partial charge on any atom is 0.296 e. The first-order chi connectivity index (χ1) is 12.9. The first kappa shape index (κ1) is 25.3. The van der Waals surface area contributed by atoms with Crippen LogP contribution >= 0.6 is 0 Å². The molecule has 1 atom stereocenters. The second-order valence-electron chi connectivity index (χ2n) is 9.31. The monoisotopic (exact) mass is 428 g/mol. The molecule has 0 fully saturated rings. The molecule has 28 heavy (non-hydrogen) atoms. The lowest BCUT2D eigenvalue weighted by molar-refractivity contribution is 0.224. The van der Waals surface area contributed by atoms with Crippen molar-refractivity contribution in [2.24, 2.45) is 5.92 Å². The third kappa shape index (κ3) is 8.35. The molecular formula is C22H40O4SSi. The molecule has 0 spiro atoms. The first-order valence-electron chi connectivity index (χ1n) is 10.5. The van der Waals surface area contributed by atoms with E-state index in [1.807, 2.05) is 6.92 Å². The quantitative estimate of drug-likeness (QED) is 0.222. The van der Waals surface area contributed by atoms with E-state index >= 15 is 0 Å². The molecule has 0 amide bonds. The van der Waals surface area contributed by atoms with Crippen LogP contribution < -0.4 is 0 Å².